The van der Waals surface area contributed by atoms with Crippen molar-refractivity contribution >= 4 is 14.1 Å². The summed E-state index contributed by atoms with van der Waals surface area (Å²) in [6.07, 6.45) is 2.04. The molecule has 0 bridgehead atoms. The van der Waals surface area contributed by atoms with Crippen LogP contribution in [0.1, 0.15) is 12.5 Å². The summed E-state index contributed by atoms with van der Waals surface area (Å²) in [6.45, 7) is 8.60. The molecular formula is C12H18OSi. The van der Waals surface area contributed by atoms with Crippen molar-refractivity contribution in [3.8, 4) is 0 Å². The molecule has 0 atom stereocenters. The lowest BCUT2D eigenvalue weighted by molar-refractivity contribution is 0.513. The van der Waals surface area contributed by atoms with E-state index in [9.17, 15) is 0 Å². The SMILES string of the molecule is C/C=C(\O[Si](C)(C)C)c1ccccc1. The van der Waals surface area contributed by atoms with E-state index in [4.69, 9.17) is 4.43 Å². The average Bonchev–Trinajstić information content (AvgIpc) is 2.14. The minimum Gasteiger partial charge on any atom is -0.544 e. The van der Waals surface area contributed by atoms with Crippen LogP contribution in [0.15, 0.2) is 36.4 Å². The van der Waals surface area contributed by atoms with Gasteiger partial charge in [-0.25, -0.2) is 0 Å². The number of rotatable bonds is 3. The molecule has 0 aliphatic carbocycles. The predicted octanol–water partition coefficient (Wildman–Crippen LogP) is 3.90. The second-order valence-electron chi connectivity index (χ2n) is 4.23. The molecule has 0 fully saturated rings. The van der Waals surface area contributed by atoms with Gasteiger partial charge in [-0.05, 0) is 32.6 Å². The zero-order chi connectivity index (χ0) is 10.6. The lowest BCUT2D eigenvalue weighted by Crippen LogP contribution is -2.24. The van der Waals surface area contributed by atoms with Crippen molar-refractivity contribution in [2.24, 2.45) is 0 Å². The van der Waals surface area contributed by atoms with Gasteiger partial charge in [0, 0.05) is 5.56 Å². The van der Waals surface area contributed by atoms with Crippen molar-refractivity contribution < 1.29 is 4.43 Å². The van der Waals surface area contributed by atoms with Crippen LogP contribution >= 0.6 is 0 Å². The van der Waals surface area contributed by atoms with Crippen LogP contribution in [0.25, 0.3) is 5.76 Å². The predicted molar refractivity (Wildman–Crippen MR) is 64.5 cm³/mol. The van der Waals surface area contributed by atoms with E-state index in [2.05, 4.69) is 31.8 Å². The smallest absolute Gasteiger partial charge is 0.242 e. The summed E-state index contributed by atoms with van der Waals surface area (Å²) in [5.41, 5.74) is 1.16. The fraction of sp³-hybridized carbons (Fsp3) is 0.333. The lowest BCUT2D eigenvalue weighted by atomic mass is 10.2. The summed E-state index contributed by atoms with van der Waals surface area (Å²) >= 11 is 0. The van der Waals surface area contributed by atoms with Gasteiger partial charge in [0.2, 0.25) is 8.32 Å². The molecule has 0 N–H and O–H groups in total. The van der Waals surface area contributed by atoms with Gasteiger partial charge in [-0.2, -0.15) is 0 Å². The van der Waals surface area contributed by atoms with Crippen LogP contribution in [-0.2, 0) is 4.43 Å². The molecule has 0 saturated carbocycles. The van der Waals surface area contributed by atoms with Crippen LogP contribution in [0.2, 0.25) is 19.6 Å². The molecule has 1 aromatic carbocycles. The van der Waals surface area contributed by atoms with Crippen LogP contribution in [0.5, 0.6) is 0 Å². The van der Waals surface area contributed by atoms with Crippen molar-refractivity contribution in [2.75, 3.05) is 0 Å². The molecule has 0 saturated heterocycles. The Morgan fingerprint density at radius 1 is 1.14 bits per heavy atom. The molecule has 1 rings (SSSR count). The fourth-order valence-electron chi connectivity index (χ4n) is 1.22. The maximum absolute atomic E-state index is 5.97. The van der Waals surface area contributed by atoms with Crippen molar-refractivity contribution in [2.45, 2.75) is 26.6 Å². The summed E-state index contributed by atoms with van der Waals surface area (Å²) in [7, 11) is -1.49. The first-order chi connectivity index (χ1) is 6.53. The summed E-state index contributed by atoms with van der Waals surface area (Å²) in [5, 5.41) is 0. The highest BCUT2D eigenvalue weighted by atomic mass is 28.4. The second kappa shape index (κ2) is 4.47. The number of hydrogen-bond donors (Lipinski definition) is 0. The van der Waals surface area contributed by atoms with E-state index in [1.807, 2.05) is 31.2 Å². The van der Waals surface area contributed by atoms with Crippen molar-refractivity contribution in [1.29, 1.82) is 0 Å². The van der Waals surface area contributed by atoms with E-state index >= 15 is 0 Å². The Hall–Kier alpha value is -1.02. The second-order valence-corrected chi connectivity index (χ2v) is 8.66. The third kappa shape index (κ3) is 3.38. The molecule has 0 spiro atoms. The fourth-order valence-corrected chi connectivity index (χ4v) is 2.11. The molecule has 0 aliphatic rings. The summed E-state index contributed by atoms with van der Waals surface area (Å²) in [4.78, 5) is 0. The van der Waals surface area contributed by atoms with E-state index in [1.165, 1.54) is 0 Å². The standard InChI is InChI=1S/C12H18OSi/c1-5-12(13-14(2,3)4)11-9-7-6-8-10-11/h5-10H,1-4H3/b12-5-. The maximum Gasteiger partial charge on any atom is 0.242 e. The van der Waals surface area contributed by atoms with Gasteiger partial charge in [-0.1, -0.05) is 30.3 Å². The topological polar surface area (TPSA) is 9.23 Å². The Labute approximate surface area is 87.5 Å². The molecule has 2 heteroatoms. The molecule has 76 valence electrons. The van der Waals surface area contributed by atoms with Crippen molar-refractivity contribution in [1.82, 2.24) is 0 Å². The highest BCUT2D eigenvalue weighted by Crippen LogP contribution is 2.20. The quantitative estimate of drug-likeness (QED) is 0.538. The number of allylic oxidation sites excluding steroid dienone is 1. The van der Waals surface area contributed by atoms with Crippen molar-refractivity contribution in [3.05, 3.63) is 42.0 Å². The monoisotopic (exact) mass is 206 g/mol. The highest BCUT2D eigenvalue weighted by Gasteiger charge is 2.17. The third-order valence-electron chi connectivity index (χ3n) is 1.74. The molecular weight excluding hydrogens is 188 g/mol. The first-order valence-electron chi connectivity index (χ1n) is 4.93. The highest BCUT2D eigenvalue weighted by molar-refractivity contribution is 6.70. The molecule has 0 aromatic heterocycles. The molecule has 14 heavy (non-hydrogen) atoms. The van der Waals surface area contributed by atoms with Gasteiger partial charge in [-0.3, -0.25) is 0 Å². The summed E-state index contributed by atoms with van der Waals surface area (Å²) < 4.78 is 5.97. The molecule has 1 nitrogen and oxygen atoms in total. The average molecular weight is 206 g/mol. The zero-order valence-corrected chi connectivity index (χ0v) is 10.4. The Morgan fingerprint density at radius 2 is 1.71 bits per heavy atom. The number of benzene rings is 1. The molecule has 0 radical (unpaired) electrons. The Balaban J connectivity index is 2.85. The lowest BCUT2D eigenvalue weighted by Gasteiger charge is -2.21. The summed E-state index contributed by atoms with van der Waals surface area (Å²) in [5.74, 6) is 1.00. The van der Waals surface area contributed by atoms with Gasteiger partial charge in [0.05, 0.1) is 0 Å². The van der Waals surface area contributed by atoms with Crippen molar-refractivity contribution in [3.63, 3.8) is 0 Å². The van der Waals surface area contributed by atoms with Crippen LogP contribution in [0.3, 0.4) is 0 Å². The van der Waals surface area contributed by atoms with Gasteiger partial charge in [0.25, 0.3) is 0 Å². The number of hydrogen-bond acceptors (Lipinski definition) is 1. The van der Waals surface area contributed by atoms with E-state index in [1.54, 1.807) is 0 Å². The van der Waals surface area contributed by atoms with Crippen LogP contribution in [-0.4, -0.2) is 8.32 Å². The van der Waals surface area contributed by atoms with Gasteiger partial charge in [-0.15, -0.1) is 0 Å². The first-order valence-corrected chi connectivity index (χ1v) is 8.34. The Bertz CT molecular complexity index is 309. The normalized spacial score (nSPS) is 12.7. The third-order valence-corrected chi connectivity index (χ3v) is 2.57. The zero-order valence-electron chi connectivity index (χ0n) is 9.37. The van der Waals surface area contributed by atoms with Crippen LogP contribution < -0.4 is 0 Å². The van der Waals surface area contributed by atoms with Crippen LogP contribution in [0, 0.1) is 0 Å². The van der Waals surface area contributed by atoms with E-state index in [0.29, 0.717) is 0 Å². The molecule has 0 aliphatic heterocycles. The van der Waals surface area contributed by atoms with Gasteiger partial charge >= 0.3 is 0 Å². The molecule has 1 aromatic rings. The largest absolute Gasteiger partial charge is 0.544 e. The van der Waals surface area contributed by atoms with Gasteiger partial charge in [0.1, 0.15) is 5.76 Å². The first kappa shape index (κ1) is 11.1. The minimum atomic E-state index is -1.49. The van der Waals surface area contributed by atoms with Gasteiger partial charge in [0.15, 0.2) is 0 Å². The Morgan fingerprint density at radius 3 is 2.14 bits per heavy atom. The molecule has 0 amide bonds. The summed E-state index contributed by atoms with van der Waals surface area (Å²) in [6, 6.07) is 10.2. The van der Waals surface area contributed by atoms with Gasteiger partial charge < -0.3 is 4.43 Å². The Kier molecular flexibility index (Phi) is 3.53. The van der Waals surface area contributed by atoms with E-state index < -0.39 is 8.32 Å². The molecule has 0 heterocycles. The van der Waals surface area contributed by atoms with Crippen LogP contribution in [0.4, 0.5) is 0 Å². The molecule has 0 unspecified atom stereocenters. The maximum atomic E-state index is 5.97. The van der Waals surface area contributed by atoms with E-state index in [-0.39, 0.29) is 0 Å². The van der Waals surface area contributed by atoms with E-state index in [0.717, 1.165) is 11.3 Å². The minimum absolute atomic E-state index is 1.00.